The highest BCUT2D eigenvalue weighted by atomic mass is 32.1. The van der Waals surface area contributed by atoms with Crippen molar-refractivity contribution in [1.82, 2.24) is 24.7 Å². The standard InChI is InChI=1S/C17H19N5OS/c1-11(2)9-22-13(6-7-19-22)4-5-15-18-8-14(16(23)21-15)17-20-12(3)10-24-17/h4-8,10-11H,9H2,1-3H3,(H,18,21,23). The molecule has 0 aliphatic carbocycles. The normalized spacial score (nSPS) is 11.7. The molecule has 0 aromatic carbocycles. The van der Waals surface area contributed by atoms with Gasteiger partial charge in [-0.25, -0.2) is 9.97 Å². The van der Waals surface area contributed by atoms with E-state index < -0.39 is 0 Å². The number of H-pyrrole nitrogens is 1. The Labute approximate surface area is 143 Å². The Bertz CT molecular complexity index is 919. The first-order valence-electron chi connectivity index (χ1n) is 7.74. The predicted octanol–water partition coefficient (Wildman–Crippen LogP) is 3.22. The van der Waals surface area contributed by atoms with Gasteiger partial charge in [-0.15, -0.1) is 11.3 Å². The second-order valence-electron chi connectivity index (χ2n) is 5.97. The molecule has 0 aliphatic heterocycles. The number of aryl methyl sites for hydroxylation is 1. The van der Waals surface area contributed by atoms with E-state index in [0.717, 1.165) is 17.9 Å². The molecule has 0 unspecified atom stereocenters. The molecule has 124 valence electrons. The summed E-state index contributed by atoms with van der Waals surface area (Å²) in [6.07, 6.45) is 7.03. The van der Waals surface area contributed by atoms with E-state index in [2.05, 4.69) is 33.9 Å². The molecule has 0 amide bonds. The Hall–Kier alpha value is -2.54. The number of aromatic nitrogens is 5. The lowest BCUT2D eigenvalue weighted by Gasteiger charge is -2.07. The fourth-order valence-corrected chi connectivity index (χ4v) is 3.07. The van der Waals surface area contributed by atoms with Crippen molar-refractivity contribution >= 4 is 23.5 Å². The van der Waals surface area contributed by atoms with Crippen LogP contribution in [0.25, 0.3) is 22.7 Å². The predicted molar refractivity (Wildman–Crippen MR) is 96.7 cm³/mol. The molecule has 0 aliphatic rings. The third-order valence-corrected chi connectivity index (χ3v) is 4.36. The number of nitrogens with one attached hydrogen (secondary N) is 1. The molecule has 0 saturated heterocycles. The second kappa shape index (κ2) is 6.92. The smallest absolute Gasteiger partial charge is 0.261 e. The van der Waals surface area contributed by atoms with E-state index in [1.807, 2.05) is 29.1 Å². The first kappa shape index (κ1) is 16.3. The van der Waals surface area contributed by atoms with Crippen LogP contribution in [-0.4, -0.2) is 24.7 Å². The molecule has 0 saturated carbocycles. The molecule has 0 spiro atoms. The first-order valence-corrected chi connectivity index (χ1v) is 8.62. The molecule has 0 radical (unpaired) electrons. The lowest BCUT2D eigenvalue weighted by molar-refractivity contribution is 0.480. The maximum Gasteiger partial charge on any atom is 0.261 e. The van der Waals surface area contributed by atoms with Gasteiger partial charge in [0.1, 0.15) is 10.8 Å². The average Bonchev–Trinajstić information content (AvgIpc) is 3.14. The van der Waals surface area contributed by atoms with Crippen molar-refractivity contribution in [3.05, 3.63) is 51.4 Å². The Morgan fingerprint density at radius 3 is 2.88 bits per heavy atom. The van der Waals surface area contributed by atoms with Crippen LogP contribution in [0.5, 0.6) is 0 Å². The fraction of sp³-hybridized carbons (Fsp3) is 0.294. The molecule has 6 nitrogen and oxygen atoms in total. The summed E-state index contributed by atoms with van der Waals surface area (Å²) in [7, 11) is 0. The maximum absolute atomic E-state index is 12.2. The Morgan fingerprint density at radius 1 is 1.38 bits per heavy atom. The van der Waals surface area contributed by atoms with Crippen molar-refractivity contribution in [3.63, 3.8) is 0 Å². The van der Waals surface area contributed by atoms with Gasteiger partial charge in [-0.1, -0.05) is 13.8 Å². The minimum atomic E-state index is -0.185. The highest BCUT2D eigenvalue weighted by Gasteiger charge is 2.08. The van der Waals surface area contributed by atoms with Crippen molar-refractivity contribution in [3.8, 4) is 10.6 Å². The zero-order valence-corrected chi connectivity index (χ0v) is 14.7. The van der Waals surface area contributed by atoms with Gasteiger partial charge < -0.3 is 4.98 Å². The van der Waals surface area contributed by atoms with E-state index in [0.29, 0.717) is 22.3 Å². The van der Waals surface area contributed by atoms with Crippen molar-refractivity contribution in [2.45, 2.75) is 27.3 Å². The van der Waals surface area contributed by atoms with Crippen LogP contribution in [-0.2, 0) is 6.54 Å². The average molecular weight is 341 g/mol. The molecular formula is C17H19N5OS. The van der Waals surface area contributed by atoms with Crippen LogP contribution in [0, 0.1) is 12.8 Å². The van der Waals surface area contributed by atoms with Gasteiger partial charge in [-0.05, 0) is 31.1 Å². The number of nitrogens with zero attached hydrogens (tertiary/aromatic N) is 4. The van der Waals surface area contributed by atoms with Gasteiger partial charge in [-0.2, -0.15) is 5.10 Å². The molecule has 0 bridgehead atoms. The largest absolute Gasteiger partial charge is 0.306 e. The quantitative estimate of drug-likeness (QED) is 0.773. The zero-order valence-electron chi connectivity index (χ0n) is 13.9. The molecule has 3 rings (SSSR count). The van der Waals surface area contributed by atoms with E-state index in [1.165, 1.54) is 11.3 Å². The monoisotopic (exact) mass is 341 g/mol. The topological polar surface area (TPSA) is 76.5 Å². The van der Waals surface area contributed by atoms with Gasteiger partial charge in [0.2, 0.25) is 0 Å². The molecule has 0 fully saturated rings. The molecule has 7 heteroatoms. The highest BCUT2D eigenvalue weighted by molar-refractivity contribution is 7.13. The number of hydrogen-bond acceptors (Lipinski definition) is 5. The summed E-state index contributed by atoms with van der Waals surface area (Å²) in [5.74, 6) is 1.02. The van der Waals surface area contributed by atoms with E-state index in [-0.39, 0.29) is 5.56 Å². The molecule has 3 aromatic heterocycles. The number of hydrogen-bond donors (Lipinski definition) is 1. The second-order valence-corrected chi connectivity index (χ2v) is 6.83. The molecule has 0 atom stereocenters. The van der Waals surface area contributed by atoms with Crippen LogP contribution in [0.2, 0.25) is 0 Å². The Balaban J connectivity index is 1.83. The van der Waals surface area contributed by atoms with Crippen molar-refractivity contribution in [2.24, 2.45) is 5.92 Å². The minimum absolute atomic E-state index is 0.185. The van der Waals surface area contributed by atoms with Gasteiger partial charge in [0.15, 0.2) is 0 Å². The van der Waals surface area contributed by atoms with Crippen LogP contribution >= 0.6 is 11.3 Å². The van der Waals surface area contributed by atoms with Crippen LogP contribution in [0.1, 0.15) is 31.1 Å². The molecule has 3 aromatic rings. The van der Waals surface area contributed by atoms with Gasteiger partial charge in [0, 0.05) is 30.0 Å². The minimum Gasteiger partial charge on any atom is -0.306 e. The summed E-state index contributed by atoms with van der Waals surface area (Å²) in [6.45, 7) is 7.04. The van der Waals surface area contributed by atoms with Crippen molar-refractivity contribution in [1.29, 1.82) is 0 Å². The molecule has 1 N–H and O–H groups in total. The summed E-state index contributed by atoms with van der Waals surface area (Å²) in [5, 5.41) is 6.91. The third kappa shape index (κ3) is 3.68. The summed E-state index contributed by atoms with van der Waals surface area (Å²) in [4.78, 5) is 23.7. The lowest BCUT2D eigenvalue weighted by Crippen LogP contribution is -2.11. The summed E-state index contributed by atoms with van der Waals surface area (Å²) >= 11 is 1.44. The molecular weight excluding hydrogens is 322 g/mol. The first-order chi connectivity index (χ1) is 11.5. The zero-order chi connectivity index (χ0) is 17.1. The van der Waals surface area contributed by atoms with E-state index in [9.17, 15) is 4.79 Å². The number of aromatic amines is 1. The van der Waals surface area contributed by atoms with Gasteiger partial charge >= 0.3 is 0 Å². The fourth-order valence-electron chi connectivity index (χ4n) is 2.27. The summed E-state index contributed by atoms with van der Waals surface area (Å²) in [5.41, 5.74) is 2.19. The van der Waals surface area contributed by atoms with Crippen molar-refractivity contribution in [2.75, 3.05) is 0 Å². The summed E-state index contributed by atoms with van der Waals surface area (Å²) < 4.78 is 1.94. The van der Waals surface area contributed by atoms with E-state index in [4.69, 9.17) is 0 Å². The highest BCUT2D eigenvalue weighted by Crippen LogP contribution is 2.19. The van der Waals surface area contributed by atoms with Crippen LogP contribution in [0.15, 0.2) is 28.6 Å². The molecule has 24 heavy (non-hydrogen) atoms. The van der Waals surface area contributed by atoms with Gasteiger partial charge in [-0.3, -0.25) is 9.48 Å². The van der Waals surface area contributed by atoms with Gasteiger partial charge in [0.05, 0.1) is 11.3 Å². The summed E-state index contributed by atoms with van der Waals surface area (Å²) in [6, 6.07) is 1.93. The van der Waals surface area contributed by atoms with Gasteiger partial charge in [0.25, 0.3) is 5.56 Å². The maximum atomic E-state index is 12.2. The number of rotatable bonds is 5. The lowest BCUT2D eigenvalue weighted by atomic mass is 10.2. The number of thiazole rings is 1. The third-order valence-electron chi connectivity index (χ3n) is 3.37. The van der Waals surface area contributed by atoms with Crippen LogP contribution in [0.4, 0.5) is 0 Å². The molecule has 3 heterocycles. The Kier molecular flexibility index (Phi) is 4.71. The van der Waals surface area contributed by atoms with E-state index in [1.54, 1.807) is 18.5 Å². The van der Waals surface area contributed by atoms with Crippen LogP contribution < -0.4 is 5.56 Å². The Morgan fingerprint density at radius 2 is 2.21 bits per heavy atom. The van der Waals surface area contributed by atoms with Crippen molar-refractivity contribution < 1.29 is 0 Å². The van der Waals surface area contributed by atoms with E-state index >= 15 is 0 Å². The SMILES string of the molecule is Cc1csc(-c2cnc(C=Cc3ccnn3CC(C)C)[nH]c2=O)n1. The van der Waals surface area contributed by atoms with Crippen LogP contribution in [0.3, 0.4) is 0 Å².